The van der Waals surface area contributed by atoms with Crippen LogP contribution in [-0.4, -0.2) is 32.1 Å². The van der Waals surface area contributed by atoms with E-state index in [2.05, 4.69) is 36.9 Å². The molecule has 1 aromatic rings. The topological polar surface area (TPSA) is 36.3 Å². The first-order valence-corrected chi connectivity index (χ1v) is 6.28. The van der Waals surface area contributed by atoms with Gasteiger partial charge >= 0.3 is 0 Å². The van der Waals surface area contributed by atoms with Crippen LogP contribution in [0.15, 0.2) is 12.1 Å². The van der Waals surface area contributed by atoms with Crippen LogP contribution in [0.5, 0.6) is 5.75 Å². The number of aryl methyl sites for hydroxylation is 2. The predicted octanol–water partition coefficient (Wildman–Crippen LogP) is 2.70. The summed E-state index contributed by atoms with van der Waals surface area (Å²) in [7, 11) is 3.77. The summed E-state index contributed by atoms with van der Waals surface area (Å²) in [6, 6.07) is 6.50. The smallest absolute Gasteiger partial charge is 0.125 e. The molecular weight excluding hydrogens is 224 g/mol. The summed E-state index contributed by atoms with van der Waals surface area (Å²) in [5, 5.41) is 8.56. The van der Waals surface area contributed by atoms with Crippen LogP contribution in [0.1, 0.15) is 23.1 Å². The molecule has 0 spiro atoms. The first kappa shape index (κ1) is 14.5. The van der Waals surface area contributed by atoms with E-state index < -0.39 is 0 Å². The highest BCUT2D eigenvalue weighted by Gasteiger charge is 2.08. The third kappa shape index (κ3) is 4.05. The number of benzene rings is 1. The van der Waals surface area contributed by atoms with Gasteiger partial charge in [0.05, 0.1) is 13.2 Å². The zero-order chi connectivity index (χ0) is 13.5. The Hall–Kier alpha value is -1.53. The van der Waals surface area contributed by atoms with Crippen LogP contribution in [0.3, 0.4) is 0 Å². The molecule has 0 unspecified atom stereocenters. The molecule has 0 fully saturated rings. The number of hydrogen-bond donors (Lipinski definition) is 0. The normalized spacial score (nSPS) is 10.4. The van der Waals surface area contributed by atoms with Crippen LogP contribution in [0, 0.1) is 25.2 Å². The molecule has 0 saturated heterocycles. The molecule has 0 amide bonds. The molecule has 98 valence electrons. The van der Waals surface area contributed by atoms with E-state index >= 15 is 0 Å². The van der Waals surface area contributed by atoms with Crippen molar-refractivity contribution in [2.45, 2.75) is 26.7 Å². The summed E-state index contributed by atoms with van der Waals surface area (Å²) < 4.78 is 5.47. The van der Waals surface area contributed by atoms with Gasteiger partial charge in [0.15, 0.2) is 0 Å². The number of nitriles is 1. The molecule has 0 aliphatic heterocycles. The molecule has 0 N–H and O–H groups in total. The molecule has 0 aliphatic carbocycles. The number of hydrogen-bond acceptors (Lipinski definition) is 3. The zero-order valence-corrected chi connectivity index (χ0v) is 11.8. The number of likely N-dealkylation sites (N-methyl/N-ethyl adjacent to an activating group) is 1. The fourth-order valence-electron chi connectivity index (χ4n) is 2.18. The van der Waals surface area contributed by atoms with Crippen molar-refractivity contribution in [1.29, 1.82) is 5.26 Å². The van der Waals surface area contributed by atoms with E-state index in [4.69, 9.17) is 10.00 Å². The van der Waals surface area contributed by atoms with E-state index in [1.165, 1.54) is 16.7 Å². The maximum atomic E-state index is 8.56. The minimum Gasteiger partial charge on any atom is -0.496 e. The molecule has 0 bridgehead atoms. The summed E-state index contributed by atoms with van der Waals surface area (Å²) in [6.07, 6.45) is 1.54. The van der Waals surface area contributed by atoms with Gasteiger partial charge in [0.25, 0.3) is 0 Å². The van der Waals surface area contributed by atoms with Gasteiger partial charge in [-0.1, -0.05) is 17.7 Å². The molecule has 18 heavy (non-hydrogen) atoms. The fraction of sp³-hybridized carbons (Fsp3) is 0.533. The quantitative estimate of drug-likeness (QED) is 0.774. The highest BCUT2D eigenvalue weighted by atomic mass is 16.5. The fourth-order valence-corrected chi connectivity index (χ4v) is 2.18. The molecule has 0 radical (unpaired) electrons. The number of nitrogens with zero attached hydrogens (tertiary/aromatic N) is 2. The molecule has 0 aliphatic rings. The number of methoxy groups -OCH3 is 1. The summed E-state index contributed by atoms with van der Waals surface area (Å²) in [5.74, 6) is 0.995. The van der Waals surface area contributed by atoms with Crippen LogP contribution in [0.2, 0.25) is 0 Å². The maximum Gasteiger partial charge on any atom is 0.125 e. The Bertz CT molecular complexity index is 435. The molecule has 0 aromatic heterocycles. The average molecular weight is 246 g/mol. The SMILES string of the molecule is COc1c(C)cc(C)cc1CCN(C)CCC#N. The number of rotatable bonds is 6. The third-order valence-electron chi connectivity index (χ3n) is 3.07. The van der Waals surface area contributed by atoms with E-state index in [9.17, 15) is 0 Å². The van der Waals surface area contributed by atoms with Crippen molar-refractivity contribution < 1.29 is 4.74 Å². The van der Waals surface area contributed by atoms with Gasteiger partial charge in [0, 0.05) is 19.5 Å². The van der Waals surface area contributed by atoms with E-state index in [1.54, 1.807) is 7.11 Å². The molecule has 3 nitrogen and oxygen atoms in total. The first-order chi connectivity index (χ1) is 8.58. The van der Waals surface area contributed by atoms with Crippen LogP contribution in [-0.2, 0) is 6.42 Å². The van der Waals surface area contributed by atoms with Gasteiger partial charge in [-0.2, -0.15) is 5.26 Å². The van der Waals surface area contributed by atoms with Crippen molar-refractivity contribution in [3.8, 4) is 11.8 Å². The van der Waals surface area contributed by atoms with Crippen LogP contribution in [0.25, 0.3) is 0 Å². The van der Waals surface area contributed by atoms with Crippen molar-refractivity contribution in [3.63, 3.8) is 0 Å². The second-order valence-corrected chi connectivity index (χ2v) is 4.74. The minimum absolute atomic E-state index is 0.584. The Morgan fingerprint density at radius 2 is 2.00 bits per heavy atom. The Kier molecular flexibility index (Phi) is 5.67. The van der Waals surface area contributed by atoms with E-state index in [-0.39, 0.29) is 0 Å². The summed E-state index contributed by atoms with van der Waals surface area (Å²) in [4.78, 5) is 2.18. The number of ether oxygens (including phenoxy) is 1. The van der Waals surface area contributed by atoms with Crippen LogP contribution in [0.4, 0.5) is 0 Å². The molecule has 1 aromatic carbocycles. The van der Waals surface area contributed by atoms with Gasteiger partial charge in [-0.25, -0.2) is 0 Å². The lowest BCUT2D eigenvalue weighted by Crippen LogP contribution is -2.22. The Morgan fingerprint density at radius 3 is 2.61 bits per heavy atom. The molecule has 0 atom stereocenters. The largest absolute Gasteiger partial charge is 0.496 e. The van der Waals surface area contributed by atoms with E-state index in [1.807, 2.05) is 7.05 Å². The van der Waals surface area contributed by atoms with Gasteiger partial charge in [-0.15, -0.1) is 0 Å². The first-order valence-electron chi connectivity index (χ1n) is 6.28. The lowest BCUT2D eigenvalue weighted by atomic mass is 10.0. The minimum atomic E-state index is 0.584. The lowest BCUT2D eigenvalue weighted by molar-refractivity contribution is 0.342. The van der Waals surface area contributed by atoms with Gasteiger partial charge in [-0.3, -0.25) is 0 Å². The molecular formula is C15H22N2O. The predicted molar refractivity (Wildman–Crippen MR) is 73.9 cm³/mol. The molecule has 3 heteroatoms. The van der Waals surface area contributed by atoms with Gasteiger partial charge in [0.1, 0.15) is 5.75 Å². The molecule has 0 saturated carbocycles. The highest BCUT2D eigenvalue weighted by Crippen LogP contribution is 2.25. The second-order valence-electron chi connectivity index (χ2n) is 4.74. The Morgan fingerprint density at radius 1 is 1.28 bits per heavy atom. The van der Waals surface area contributed by atoms with Crippen molar-refractivity contribution in [2.24, 2.45) is 0 Å². The van der Waals surface area contributed by atoms with Crippen molar-refractivity contribution in [2.75, 3.05) is 27.2 Å². The highest BCUT2D eigenvalue weighted by molar-refractivity contribution is 5.43. The molecule has 0 heterocycles. The standard InChI is InChI=1S/C15H22N2O/c1-12-10-13(2)15(18-4)14(11-12)6-9-17(3)8-5-7-16/h10-11H,5-6,8-9H2,1-4H3. The van der Waals surface area contributed by atoms with E-state index in [0.717, 1.165) is 25.3 Å². The van der Waals surface area contributed by atoms with Crippen LogP contribution < -0.4 is 4.74 Å². The Labute approximate surface area is 110 Å². The average Bonchev–Trinajstić information content (AvgIpc) is 2.33. The Balaban J connectivity index is 2.69. The second kappa shape index (κ2) is 7.03. The van der Waals surface area contributed by atoms with Gasteiger partial charge in [-0.05, 0) is 38.4 Å². The third-order valence-corrected chi connectivity index (χ3v) is 3.07. The maximum absolute atomic E-state index is 8.56. The van der Waals surface area contributed by atoms with Gasteiger partial charge in [0.2, 0.25) is 0 Å². The van der Waals surface area contributed by atoms with Crippen molar-refractivity contribution in [1.82, 2.24) is 4.90 Å². The summed E-state index contributed by atoms with van der Waals surface area (Å²) in [5.41, 5.74) is 3.70. The summed E-state index contributed by atoms with van der Waals surface area (Å²) in [6.45, 7) is 5.95. The van der Waals surface area contributed by atoms with Crippen molar-refractivity contribution >= 4 is 0 Å². The van der Waals surface area contributed by atoms with E-state index in [0.29, 0.717) is 6.42 Å². The zero-order valence-electron chi connectivity index (χ0n) is 11.8. The monoisotopic (exact) mass is 246 g/mol. The van der Waals surface area contributed by atoms with Gasteiger partial charge < -0.3 is 9.64 Å². The lowest BCUT2D eigenvalue weighted by Gasteiger charge is -2.17. The molecule has 1 rings (SSSR count). The van der Waals surface area contributed by atoms with Crippen LogP contribution >= 0.6 is 0 Å². The summed E-state index contributed by atoms with van der Waals surface area (Å²) >= 11 is 0. The van der Waals surface area contributed by atoms with Crippen molar-refractivity contribution in [3.05, 3.63) is 28.8 Å².